The first-order chi connectivity index (χ1) is 13.5. The quantitative estimate of drug-likeness (QED) is 0.614. The van der Waals surface area contributed by atoms with Gasteiger partial charge >= 0.3 is 0 Å². The fourth-order valence-electron chi connectivity index (χ4n) is 2.95. The standard InChI is InChI=1S/C22H24ClN3O2/c1-4-26-13-21(16(3)25-26)15(2)24-22(27)18-10-8-17(9-11-18)14-28-20-7-5-6-19(23)12-20/h5-13,15H,4,14H2,1-3H3,(H,24,27). The Hall–Kier alpha value is -2.79. The molecular weight excluding hydrogens is 374 g/mol. The number of hydrogen-bond donors (Lipinski definition) is 1. The van der Waals surface area contributed by atoms with Gasteiger partial charge in [0.15, 0.2) is 0 Å². The number of carbonyl (C=O) groups is 1. The van der Waals surface area contributed by atoms with E-state index in [1.54, 1.807) is 24.3 Å². The van der Waals surface area contributed by atoms with Crippen molar-refractivity contribution >= 4 is 17.5 Å². The van der Waals surface area contributed by atoms with E-state index in [1.807, 2.05) is 55.9 Å². The number of nitrogens with zero attached hydrogens (tertiary/aromatic N) is 2. The Morgan fingerprint density at radius 3 is 2.64 bits per heavy atom. The van der Waals surface area contributed by atoms with E-state index in [0.717, 1.165) is 23.4 Å². The van der Waals surface area contributed by atoms with Gasteiger partial charge < -0.3 is 10.1 Å². The molecule has 0 bridgehead atoms. The lowest BCUT2D eigenvalue weighted by Crippen LogP contribution is -2.26. The summed E-state index contributed by atoms with van der Waals surface area (Å²) in [6.07, 6.45) is 1.98. The van der Waals surface area contributed by atoms with Crippen LogP contribution >= 0.6 is 11.6 Å². The third kappa shape index (κ3) is 4.93. The molecule has 0 aliphatic heterocycles. The first-order valence-corrected chi connectivity index (χ1v) is 9.66. The number of ether oxygens (including phenoxy) is 1. The molecule has 0 radical (unpaired) electrons. The van der Waals surface area contributed by atoms with Gasteiger partial charge in [-0.1, -0.05) is 29.8 Å². The highest BCUT2D eigenvalue weighted by Crippen LogP contribution is 2.19. The van der Waals surface area contributed by atoms with Crippen LogP contribution in [0, 0.1) is 6.92 Å². The lowest BCUT2D eigenvalue weighted by molar-refractivity contribution is 0.0939. The minimum Gasteiger partial charge on any atom is -0.489 e. The zero-order chi connectivity index (χ0) is 20.1. The van der Waals surface area contributed by atoms with Gasteiger partial charge in [0.2, 0.25) is 0 Å². The predicted octanol–water partition coefficient (Wildman–Crippen LogP) is 4.93. The second kappa shape index (κ2) is 8.93. The number of benzene rings is 2. The van der Waals surface area contributed by atoms with Crippen molar-refractivity contribution in [3.05, 3.63) is 82.1 Å². The van der Waals surface area contributed by atoms with Gasteiger partial charge in [0, 0.05) is 28.9 Å². The molecule has 5 nitrogen and oxygen atoms in total. The van der Waals surface area contributed by atoms with Crippen molar-refractivity contribution in [2.24, 2.45) is 0 Å². The van der Waals surface area contributed by atoms with Crippen LogP contribution < -0.4 is 10.1 Å². The Morgan fingerprint density at radius 2 is 2.00 bits per heavy atom. The summed E-state index contributed by atoms with van der Waals surface area (Å²) >= 11 is 5.96. The predicted molar refractivity (Wildman–Crippen MR) is 111 cm³/mol. The smallest absolute Gasteiger partial charge is 0.251 e. The summed E-state index contributed by atoms with van der Waals surface area (Å²) in [6, 6.07) is 14.6. The van der Waals surface area contributed by atoms with Crippen LogP contribution in [0.3, 0.4) is 0 Å². The van der Waals surface area contributed by atoms with Gasteiger partial charge in [-0.25, -0.2) is 0 Å². The van der Waals surface area contributed by atoms with Gasteiger partial charge in [0.25, 0.3) is 5.91 Å². The largest absolute Gasteiger partial charge is 0.489 e. The fraction of sp³-hybridized carbons (Fsp3) is 0.273. The van der Waals surface area contributed by atoms with E-state index in [-0.39, 0.29) is 11.9 Å². The topological polar surface area (TPSA) is 56.2 Å². The SMILES string of the molecule is CCn1cc(C(C)NC(=O)c2ccc(COc3cccc(Cl)c3)cc2)c(C)n1. The van der Waals surface area contributed by atoms with E-state index < -0.39 is 0 Å². The normalized spacial score (nSPS) is 11.9. The lowest BCUT2D eigenvalue weighted by Gasteiger charge is -2.13. The molecule has 6 heteroatoms. The van der Waals surface area contributed by atoms with Gasteiger partial charge in [-0.15, -0.1) is 0 Å². The molecule has 28 heavy (non-hydrogen) atoms. The second-order valence-electron chi connectivity index (χ2n) is 6.66. The van der Waals surface area contributed by atoms with Crippen LogP contribution in [0.25, 0.3) is 0 Å². The molecule has 1 aromatic heterocycles. The van der Waals surface area contributed by atoms with Crippen molar-refractivity contribution in [3.8, 4) is 5.75 Å². The third-order valence-electron chi connectivity index (χ3n) is 4.54. The maximum Gasteiger partial charge on any atom is 0.251 e. The zero-order valence-corrected chi connectivity index (χ0v) is 17.0. The van der Waals surface area contributed by atoms with Gasteiger partial charge in [-0.05, 0) is 56.7 Å². The summed E-state index contributed by atoms with van der Waals surface area (Å²) in [7, 11) is 0. The Bertz CT molecular complexity index is 951. The van der Waals surface area contributed by atoms with Crippen molar-refractivity contribution in [2.75, 3.05) is 0 Å². The van der Waals surface area contributed by atoms with E-state index in [9.17, 15) is 4.79 Å². The average Bonchev–Trinajstić information content (AvgIpc) is 3.08. The summed E-state index contributed by atoms with van der Waals surface area (Å²) in [6.45, 7) is 7.18. The van der Waals surface area contributed by atoms with Crippen molar-refractivity contribution < 1.29 is 9.53 Å². The molecule has 0 saturated carbocycles. The molecule has 0 saturated heterocycles. The number of nitrogens with one attached hydrogen (secondary N) is 1. The van der Waals surface area contributed by atoms with Crippen molar-refractivity contribution in [1.29, 1.82) is 0 Å². The number of amides is 1. The molecule has 2 aromatic carbocycles. The minimum absolute atomic E-state index is 0.112. The van der Waals surface area contributed by atoms with E-state index >= 15 is 0 Å². The highest BCUT2D eigenvalue weighted by Gasteiger charge is 2.15. The summed E-state index contributed by atoms with van der Waals surface area (Å²) in [5.74, 6) is 0.601. The molecule has 0 spiro atoms. The Morgan fingerprint density at radius 1 is 1.25 bits per heavy atom. The van der Waals surface area contributed by atoms with Gasteiger partial charge in [0.1, 0.15) is 12.4 Å². The number of hydrogen-bond acceptors (Lipinski definition) is 3. The maximum absolute atomic E-state index is 12.6. The van der Waals surface area contributed by atoms with Gasteiger partial charge in [-0.2, -0.15) is 5.10 Å². The molecule has 3 rings (SSSR count). The zero-order valence-electron chi connectivity index (χ0n) is 16.3. The maximum atomic E-state index is 12.6. The van der Waals surface area contributed by atoms with E-state index in [4.69, 9.17) is 16.3 Å². The van der Waals surface area contributed by atoms with Crippen LogP contribution in [-0.2, 0) is 13.2 Å². The second-order valence-corrected chi connectivity index (χ2v) is 7.10. The summed E-state index contributed by atoms with van der Waals surface area (Å²) in [4.78, 5) is 12.6. The number of halogens is 1. The van der Waals surface area contributed by atoms with Crippen LogP contribution in [0.15, 0.2) is 54.7 Å². The van der Waals surface area contributed by atoms with Crippen LogP contribution in [0.2, 0.25) is 5.02 Å². The number of carbonyl (C=O) groups excluding carboxylic acids is 1. The highest BCUT2D eigenvalue weighted by molar-refractivity contribution is 6.30. The highest BCUT2D eigenvalue weighted by atomic mass is 35.5. The van der Waals surface area contributed by atoms with Crippen molar-refractivity contribution in [1.82, 2.24) is 15.1 Å². The van der Waals surface area contributed by atoms with Crippen LogP contribution in [-0.4, -0.2) is 15.7 Å². The lowest BCUT2D eigenvalue weighted by atomic mass is 10.1. The molecular formula is C22H24ClN3O2. The number of aromatic nitrogens is 2. The molecule has 1 amide bonds. The van der Waals surface area contributed by atoms with Crippen molar-refractivity contribution in [2.45, 2.75) is 40.0 Å². The monoisotopic (exact) mass is 397 g/mol. The Kier molecular flexibility index (Phi) is 6.37. The Labute approximate surface area is 170 Å². The summed E-state index contributed by atoms with van der Waals surface area (Å²) in [5.41, 5.74) is 3.55. The van der Waals surface area contributed by atoms with Crippen LogP contribution in [0.1, 0.15) is 47.1 Å². The Balaban J connectivity index is 1.59. The van der Waals surface area contributed by atoms with Crippen molar-refractivity contribution in [3.63, 3.8) is 0 Å². The first-order valence-electron chi connectivity index (χ1n) is 9.28. The molecule has 1 heterocycles. The summed E-state index contributed by atoms with van der Waals surface area (Å²) < 4.78 is 7.60. The molecule has 1 N–H and O–H groups in total. The first kappa shape index (κ1) is 20.0. The molecule has 0 aliphatic rings. The minimum atomic E-state index is -0.113. The van der Waals surface area contributed by atoms with Crippen LogP contribution in [0.4, 0.5) is 0 Å². The van der Waals surface area contributed by atoms with Gasteiger partial charge in [0.05, 0.1) is 11.7 Å². The van der Waals surface area contributed by atoms with Gasteiger partial charge in [-0.3, -0.25) is 9.48 Å². The number of rotatable bonds is 7. The molecule has 1 unspecified atom stereocenters. The molecule has 3 aromatic rings. The van der Waals surface area contributed by atoms with E-state index in [0.29, 0.717) is 22.9 Å². The number of aryl methyl sites for hydroxylation is 2. The average molecular weight is 398 g/mol. The molecule has 146 valence electrons. The van der Waals surface area contributed by atoms with E-state index in [1.165, 1.54) is 0 Å². The molecule has 1 atom stereocenters. The third-order valence-corrected chi connectivity index (χ3v) is 4.78. The summed E-state index contributed by atoms with van der Waals surface area (Å²) in [5, 5.41) is 8.11. The molecule has 0 aliphatic carbocycles. The van der Waals surface area contributed by atoms with E-state index in [2.05, 4.69) is 10.4 Å². The molecule has 0 fully saturated rings. The fourth-order valence-corrected chi connectivity index (χ4v) is 3.13. The van der Waals surface area contributed by atoms with Crippen LogP contribution in [0.5, 0.6) is 5.75 Å².